The molecule has 0 radical (unpaired) electrons. The molecule has 5 nitrogen and oxygen atoms in total. The van der Waals surface area contributed by atoms with Crippen molar-refractivity contribution < 1.29 is 19.0 Å². The van der Waals surface area contributed by atoms with Gasteiger partial charge in [0, 0.05) is 19.4 Å². The molecular weight excluding hydrogens is 239 g/mol. The molecule has 0 aliphatic carbocycles. The number of methoxy groups -OCH3 is 1. The lowest BCUT2D eigenvalue weighted by molar-refractivity contribution is 0.151. The Morgan fingerprint density at radius 2 is 2.11 bits per heavy atom. The highest BCUT2D eigenvalue weighted by Crippen LogP contribution is 2.08. The van der Waals surface area contributed by atoms with Crippen LogP contribution in [0.2, 0.25) is 0 Å². The number of hydrogen-bond donors (Lipinski definition) is 3. The Labute approximate surface area is 105 Å². The molecule has 1 rings (SSSR count). The van der Waals surface area contributed by atoms with E-state index in [1.807, 2.05) is 0 Å². The molecule has 100 valence electrons. The van der Waals surface area contributed by atoms with Gasteiger partial charge in [0.2, 0.25) is 0 Å². The molecule has 1 atom stereocenters. The number of rotatable bonds is 6. The van der Waals surface area contributed by atoms with E-state index in [1.54, 1.807) is 0 Å². The number of aliphatic hydroxyl groups is 1. The molecule has 3 N–H and O–H groups in total. The highest BCUT2D eigenvalue weighted by Gasteiger charge is 2.11. The number of benzene rings is 1. The summed E-state index contributed by atoms with van der Waals surface area (Å²) in [4.78, 5) is 11.6. The van der Waals surface area contributed by atoms with Crippen molar-refractivity contribution in [2.75, 3.05) is 25.6 Å². The van der Waals surface area contributed by atoms with Gasteiger partial charge in [-0.05, 0) is 30.7 Å². The molecule has 2 amide bonds. The number of aliphatic hydroxyl groups excluding tert-OH is 1. The van der Waals surface area contributed by atoms with Gasteiger partial charge in [-0.1, -0.05) is 0 Å². The summed E-state index contributed by atoms with van der Waals surface area (Å²) >= 11 is 0. The molecule has 0 saturated heterocycles. The number of carbonyl (C=O) groups excluding carboxylic acids is 1. The van der Waals surface area contributed by atoms with Gasteiger partial charge < -0.3 is 20.5 Å². The number of anilines is 1. The second-order valence-electron chi connectivity index (χ2n) is 3.77. The first-order chi connectivity index (χ1) is 8.65. The Bertz CT molecular complexity index is 364. The third kappa shape index (κ3) is 5.11. The van der Waals surface area contributed by atoms with Crippen LogP contribution in [0.3, 0.4) is 0 Å². The first-order valence-electron chi connectivity index (χ1n) is 5.58. The highest BCUT2D eigenvalue weighted by molar-refractivity contribution is 5.89. The molecule has 0 aliphatic heterocycles. The van der Waals surface area contributed by atoms with Gasteiger partial charge in [0.05, 0.1) is 12.6 Å². The maximum atomic E-state index is 12.7. The Hall–Kier alpha value is -1.66. The van der Waals surface area contributed by atoms with Gasteiger partial charge in [-0.3, -0.25) is 0 Å². The van der Waals surface area contributed by atoms with Crippen molar-refractivity contribution in [3.8, 4) is 0 Å². The van der Waals surface area contributed by atoms with Gasteiger partial charge in [0.15, 0.2) is 0 Å². The van der Waals surface area contributed by atoms with E-state index in [0.29, 0.717) is 18.7 Å². The van der Waals surface area contributed by atoms with Crippen molar-refractivity contribution in [1.82, 2.24) is 5.32 Å². The lowest BCUT2D eigenvalue weighted by Gasteiger charge is -2.17. The summed E-state index contributed by atoms with van der Waals surface area (Å²) in [6.07, 6.45) is 0.407. The fourth-order valence-corrected chi connectivity index (χ4v) is 1.44. The monoisotopic (exact) mass is 256 g/mol. The summed E-state index contributed by atoms with van der Waals surface area (Å²) in [5.74, 6) is -0.363. The van der Waals surface area contributed by atoms with E-state index in [4.69, 9.17) is 9.84 Å². The number of urea groups is 1. The molecule has 0 spiro atoms. The minimum absolute atomic E-state index is 0.0369. The first kappa shape index (κ1) is 14.4. The molecule has 1 aromatic carbocycles. The predicted octanol–water partition coefficient (Wildman–Crippen LogP) is 1.34. The second kappa shape index (κ2) is 7.62. The van der Waals surface area contributed by atoms with Crippen LogP contribution in [0.15, 0.2) is 24.3 Å². The summed E-state index contributed by atoms with van der Waals surface area (Å²) in [6.45, 7) is 0.280. The fraction of sp³-hybridized carbons (Fsp3) is 0.417. The van der Waals surface area contributed by atoms with Gasteiger partial charge in [0.25, 0.3) is 0 Å². The quantitative estimate of drug-likeness (QED) is 0.719. The van der Waals surface area contributed by atoms with Gasteiger partial charge >= 0.3 is 6.03 Å². The summed E-state index contributed by atoms with van der Waals surface area (Å²) < 4.78 is 17.6. The van der Waals surface area contributed by atoms with Crippen LogP contribution in [0.4, 0.5) is 14.9 Å². The number of halogens is 1. The Morgan fingerprint density at radius 3 is 2.67 bits per heavy atom. The van der Waals surface area contributed by atoms with Crippen LogP contribution in [0.1, 0.15) is 6.42 Å². The van der Waals surface area contributed by atoms with Crippen LogP contribution < -0.4 is 10.6 Å². The summed E-state index contributed by atoms with van der Waals surface area (Å²) in [5.41, 5.74) is 0.495. The molecule has 0 aliphatic rings. The first-order valence-corrected chi connectivity index (χ1v) is 5.58. The molecule has 0 saturated carbocycles. The fourth-order valence-electron chi connectivity index (χ4n) is 1.44. The van der Waals surface area contributed by atoms with Crippen LogP contribution in [0.25, 0.3) is 0 Å². The van der Waals surface area contributed by atoms with E-state index in [1.165, 1.54) is 31.4 Å². The average molecular weight is 256 g/mol. The summed E-state index contributed by atoms with van der Waals surface area (Å²) in [7, 11) is 1.52. The van der Waals surface area contributed by atoms with Crippen molar-refractivity contribution in [2.45, 2.75) is 12.5 Å². The van der Waals surface area contributed by atoms with Crippen molar-refractivity contribution in [3.05, 3.63) is 30.1 Å². The molecule has 0 fully saturated rings. The standard InChI is InChI=1S/C12H17FN2O3/c1-18-8-11(6-7-16)15-12(17)14-10-4-2-9(13)3-5-10/h2-5,11,16H,6-8H2,1H3,(H2,14,15,17). The van der Waals surface area contributed by atoms with Crippen LogP contribution in [-0.2, 0) is 4.74 Å². The SMILES string of the molecule is COCC(CCO)NC(=O)Nc1ccc(F)cc1. The van der Waals surface area contributed by atoms with Crippen molar-refractivity contribution in [3.63, 3.8) is 0 Å². The minimum Gasteiger partial charge on any atom is -0.396 e. The third-order valence-corrected chi connectivity index (χ3v) is 2.28. The second-order valence-corrected chi connectivity index (χ2v) is 3.77. The zero-order valence-electron chi connectivity index (χ0n) is 10.1. The molecule has 0 bridgehead atoms. The molecule has 18 heavy (non-hydrogen) atoms. The zero-order chi connectivity index (χ0) is 13.4. The molecule has 0 aromatic heterocycles. The average Bonchev–Trinajstić information content (AvgIpc) is 2.33. The predicted molar refractivity (Wildman–Crippen MR) is 65.9 cm³/mol. The summed E-state index contributed by atoms with van der Waals surface area (Å²) in [6, 6.07) is 4.77. The van der Waals surface area contributed by atoms with E-state index in [-0.39, 0.29) is 18.5 Å². The van der Waals surface area contributed by atoms with Crippen molar-refractivity contribution in [1.29, 1.82) is 0 Å². The van der Waals surface area contributed by atoms with Gasteiger partial charge in [-0.2, -0.15) is 0 Å². The summed E-state index contributed by atoms with van der Waals surface area (Å²) in [5, 5.41) is 14.0. The van der Waals surface area contributed by atoms with E-state index in [2.05, 4.69) is 10.6 Å². The Kier molecular flexibility index (Phi) is 6.10. The van der Waals surface area contributed by atoms with Crippen LogP contribution in [0, 0.1) is 5.82 Å². The molecular formula is C12H17FN2O3. The lowest BCUT2D eigenvalue weighted by Crippen LogP contribution is -2.41. The van der Waals surface area contributed by atoms with E-state index in [9.17, 15) is 9.18 Å². The third-order valence-electron chi connectivity index (χ3n) is 2.28. The van der Waals surface area contributed by atoms with Crippen LogP contribution in [-0.4, -0.2) is 37.5 Å². The van der Waals surface area contributed by atoms with Crippen LogP contribution >= 0.6 is 0 Å². The number of hydrogen-bond acceptors (Lipinski definition) is 3. The van der Waals surface area contributed by atoms with Crippen LogP contribution in [0.5, 0.6) is 0 Å². The smallest absolute Gasteiger partial charge is 0.319 e. The van der Waals surface area contributed by atoms with Gasteiger partial charge in [0.1, 0.15) is 5.82 Å². The largest absolute Gasteiger partial charge is 0.396 e. The minimum atomic E-state index is -0.419. The maximum absolute atomic E-state index is 12.7. The number of carbonyl (C=O) groups is 1. The number of ether oxygens (including phenoxy) is 1. The number of amides is 2. The van der Waals surface area contributed by atoms with Gasteiger partial charge in [-0.15, -0.1) is 0 Å². The van der Waals surface area contributed by atoms with Crippen molar-refractivity contribution in [2.24, 2.45) is 0 Å². The molecule has 0 heterocycles. The zero-order valence-corrected chi connectivity index (χ0v) is 10.1. The molecule has 6 heteroatoms. The highest BCUT2D eigenvalue weighted by atomic mass is 19.1. The Morgan fingerprint density at radius 1 is 1.44 bits per heavy atom. The van der Waals surface area contributed by atoms with E-state index in [0.717, 1.165) is 0 Å². The normalized spacial score (nSPS) is 11.9. The molecule has 1 aromatic rings. The van der Waals surface area contributed by atoms with E-state index < -0.39 is 6.03 Å². The lowest BCUT2D eigenvalue weighted by atomic mass is 10.2. The maximum Gasteiger partial charge on any atom is 0.319 e. The van der Waals surface area contributed by atoms with Gasteiger partial charge in [-0.25, -0.2) is 9.18 Å². The molecule has 1 unspecified atom stereocenters. The number of nitrogens with one attached hydrogen (secondary N) is 2. The van der Waals surface area contributed by atoms with E-state index >= 15 is 0 Å². The van der Waals surface area contributed by atoms with Crippen molar-refractivity contribution >= 4 is 11.7 Å². The topological polar surface area (TPSA) is 70.6 Å². The Balaban J connectivity index is 2.46.